The van der Waals surface area contributed by atoms with Gasteiger partial charge in [-0.05, 0) is 25.1 Å². The van der Waals surface area contributed by atoms with Crippen LogP contribution in [-0.2, 0) is 13.1 Å². The number of hydrogen-bond acceptors (Lipinski definition) is 2. The minimum atomic E-state index is 0.586. The fraction of sp³-hybridized carbons (Fsp3) is 0.353. The van der Waals surface area contributed by atoms with E-state index in [1.54, 1.807) is 7.11 Å². The van der Waals surface area contributed by atoms with Gasteiger partial charge in [-0.1, -0.05) is 18.2 Å². The number of hydrogen-bond donors (Lipinski definition) is 2. The lowest BCUT2D eigenvalue weighted by molar-refractivity contribution is 0.410. The van der Waals surface area contributed by atoms with Gasteiger partial charge in [-0.25, -0.2) is 4.99 Å². The number of guanidine groups is 1. The van der Waals surface area contributed by atoms with Gasteiger partial charge in [0.25, 0.3) is 0 Å². The molecular weight excluding hydrogens is 276 g/mol. The summed E-state index contributed by atoms with van der Waals surface area (Å²) >= 11 is 0. The molecule has 2 aromatic rings. The Morgan fingerprint density at radius 3 is 2.64 bits per heavy atom. The van der Waals surface area contributed by atoms with Crippen LogP contribution in [0, 0.1) is 0 Å². The molecule has 0 fully saturated rings. The quantitative estimate of drug-likeness (QED) is 0.609. The van der Waals surface area contributed by atoms with Crippen molar-refractivity contribution < 1.29 is 4.74 Å². The number of nitrogens with zero attached hydrogens (tertiary/aromatic N) is 2. The van der Waals surface area contributed by atoms with Gasteiger partial charge in [-0.15, -0.1) is 0 Å². The van der Waals surface area contributed by atoms with E-state index in [1.807, 2.05) is 36.4 Å². The fourth-order valence-electron chi connectivity index (χ4n) is 2.16. The Bertz CT molecular complexity index is 578. The second-order valence-electron chi connectivity index (χ2n) is 4.85. The Hall–Kier alpha value is -2.43. The highest BCUT2D eigenvalue weighted by Gasteiger charge is 2.02. The zero-order valence-corrected chi connectivity index (χ0v) is 13.2. The summed E-state index contributed by atoms with van der Waals surface area (Å²) in [5.74, 6) is 1.69. The molecule has 0 saturated heterocycles. The van der Waals surface area contributed by atoms with Crippen LogP contribution < -0.4 is 15.4 Å². The van der Waals surface area contributed by atoms with Gasteiger partial charge in [0.2, 0.25) is 0 Å². The van der Waals surface area contributed by atoms with Crippen molar-refractivity contribution in [3.63, 3.8) is 0 Å². The highest BCUT2D eigenvalue weighted by molar-refractivity contribution is 5.79. The molecule has 5 nitrogen and oxygen atoms in total. The molecule has 0 amide bonds. The van der Waals surface area contributed by atoms with Crippen LogP contribution in [0.3, 0.4) is 0 Å². The molecule has 0 aliphatic carbocycles. The third kappa shape index (κ3) is 4.84. The van der Waals surface area contributed by atoms with Gasteiger partial charge >= 0.3 is 0 Å². The molecule has 0 aliphatic rings. The summed E-state index contributed by atoms with van der Waals surface area (Å²) in [6.07, 6.45) is 4.11. The van der Waals surface area contributed by atoms with Crippen LogP contribution in [-0.4, -0.2) is 30.7 Å². The minimum Gasteiger partial charge on any atom is -0.496 e. The van der Waals surface area contributed by atoms with Gasteiger partial charge in [0.15, 0.2) is 5.96 Å². The predicted molar refractivity (Wildman–Crippen MR) is 90.2 cm³/mol. The number of nitrogens with one attached hydrogen (secondary N) is 2. The van der Waals surface area contributed by atoms with E-state index in [-0.39, 0.29) is 0 Å². The Kier molecular flexibility index (Phi) is 6.36. The molecule has 22 heavy (non-hydrogen) atoms. The van der Waals surface area contributed by atoms with Gasteiger partial charge in [0, 0.05) is 37.6 Å². The molecule has 0 aliphatic heterocycles. The maximum atomic E-state index is 5.35. The van der Waals surface area contributed by atoms with Crippen molar-refractivity contribution in [1.82, 2.24) is 15.2 Å². The Morgan fingerprint density at radius 2 is 1.91 bits per heavy atom. The van der Waals surface area contributed by atoms with E-state index < -0.39 is 0 Å². The number of methoxy groups -OCH3 is 1. The van der Waals surface area contributed by atoms with E-state index in [4.69, 9.17) is 4.74 Å². The predicted octanol–water partition coefficient (Wildman–Crippen LogP) is 2.25. The minimum absolute atomic E-state index is 0.586. The van der Waals surface area contributed by atoms with Crippen LogP contribution in [0.15, 0.2) is 53.8 Å². The maximum Gasteiger partial charge on any atom is 0.191 e. The van der Waals surface area contributed by atoms with E-state index in [0.717, 1.165) is 36.9 Å². The Balaban J connectivity index is 1.91. The first-order chi connectivity index (χ1) is 10.8. The molecule has 0 atom stereocenters. The van der Waals surface area contributed by atoms with Gasteiger partial charge < -0.3 is 19.9 Å². The van der Waals surface area contributed by atoms with E-state index in [0.29, 0.717) is 6.54 Å². The Labute approximate surface area is 132 Å². The van der Waals surface area contributed by atoms with Crippen LogP contribution in [0.4, 0.5) is 0 Å². The highest BCUT2D eigenvalue weighted by atomic mass is 16.5. The van der Waals surface area contributed by atoms with E-state index in [9.17, 15) is 0 Å². The summed E-state index contributed by atoms with van der Waals surface area (Å²) in [5.41, 5.74) is 1.08. The molecule has 1 aromatic carbocycles. The lowest BCUT2D eigenvalue weighted by atomic mass is 10.2. The van der Waals surface area contributed by atoms with Crippen molar-refractivity contribution in [3.05, 3.63) is 54.4 Å². The highest BCUT2D eigenvalue weighted by Crippen LogP contribution is 2.17. The maximum absolute atomic E-state index is 5.35. The SMILES string of the molecule is CCNC(=NCc1ccccc1OC)NCCn1cccc1. The van der Waals surface area contributed by atoms with Crippen molar-refractivity contribution in [2.24, 2.45) is 4.99 Å². The number of ether oxygens (including phenoxy) is 1. The lowest BCUT2D eigenvalue weighted by Gasteiger charge is -2.12. The molecule has 2 N–H and O–H groups in total. The topological polar surface area (TPSA) is 50.6 Å². The monoisotopic (exact) mass is 300 g/mol. The standard InChI is InChI=1S/C17H24N4O/c1-3-18-17(19-10-13-21-11-6-7-12-21)20-14-15-8-4-5-9-16(15)22-2/h4-9,11-12H,3,10,13-14H2,1-2H3,(H2,18,19,20). The molecule has 1 aromatic heterocycles. The molecule has 0 radical (unpaired) electrons. The van der Waals surface area contributed by atoms with Crippen molar-refractivity contribution in [2.75, 3.05) is 20.2 Å². The zero-order valence-electron chi connectivity index (χ0n) is 13.2. The van der Waals surface area contributed by atoms with E-state index in [1.165, 1.54) is 0 Å². The van der Waals surface area contributed by atoms with E-state index >= 15 is 0 Å². The average molecular weight is 300 g/mol. The third-order valence-corrected chi connectivity index (χ3v) is 3.27. The second kappa shape index (κ2) is 8.77. The number of aromatic nitrogens is 1. The molecule has 1 heterocycles. The molecule has 118 valence electrons. The zero-order chi connectivity index (χ0) is 15.6. The Morgan fingerprint density at radius 1 is 1.14 bits per heavy atom. The first kappa shape index (κ1) is 15.9. The fourth-order valence-corrected chi connectivity index (χ4v) is 2.16. The smallest absolute Gasteiger partial charge is 0.191 e. The molecule has 2 rings (SSSR count). The normalized spacial score (nSPS) is 11.3. The van der Waals surface area contributed by atoms with Gasteiger partial charge in [0.05, 0.1) is 13.7 Å². The summed E-state index contributed by atoms with van der Waals surface area (Å²) in [6.45, 7) is 5.22. The van der Waals surface area contributed by atoms with Crippen molar-refractivity contribution in [2.45, 2.75) is 20.0 Å². The largest absolute Gasteiger partial charge is 0.496 e. The number of benzene rings is 1. The van der Waals surface area contributed by atoms with Gasteiger partial charge in [0.1, 0.15) is 5.75 Å². The van der Waals surface area contributed by atoms with Crippen molar-refractivity contribution >= 4 is 5.96 Å². The first-order valence-corrected chi connectivity index (χ1v) is 7.58. The second-order valence-corrected chi connectivity index (χ2v) is 4.85. The van der Waals surface area contributed by atoms with Crippen molar-refractivity contribution in [3.8, 4) is 5.75 Å². The van der Waals surface area contributed by atoms with Gasteiger partial charge in [-0.3, -0.25) is 0 Å². The van der Waals surface area contributed by atoms with Crippen molar-refractivity contribution in [1.29, 1.82) is 0 Å². The van der Waals surface area contributed by atoms with E-state index in [2.05, 4.69) is 39.5 Å². The molecule has 5 heteroatoms. The molecular formula is C17H24N4O. The molecule has 0 saturated carbocycles. The van der Waals surface area contributed by atoms with Gasteiger partial charge in [-0.2, -0.15) is 0 Å². The number of aliphatic imine (C=N–C) groups is 1. The average Bonchev–Trinajstić information content (AvgIpc) is 3.06. The number of rotatable bonds is 7. The van der Waals surface area contributed by atoms with Crippen LogP contribution in [0.25, 0.3) is 0 Å². The summed E-state index contributed by atoms with van der Waals surface area (Å²) in [7, 11) is 1.68. The summed E-state index contributed by atoms with van der Waals surface area (Å²) < 4.78 is 7.49. The van der Waals surface area contributed by atoms with Crippen LogP contribution in [0.2, 0.25) is 0 Å². The van der Waals surface area contributed by atoms with Crippen LogP contribution in [0.1, 0.15) is 12.5 Å². The third-order valence-electron chi connectivity index (χ3n) is 3.27. The first-order valence-electron chi connectivity index (χ1n) is 7.58. The number of para-hydroxylation sites is 1. The van der Waals surface area contributed by atoms with Crippen LogP contribution >= 0.6 is 0 Å². The summed E-state index contributed by atoms with van der Waals surface area (Å²) in [6, 6.07) is 12.0. The molecule has 0 spiro atoms. The molecule has 0 bridgehead atoms. The van der Waals surface area contributed by atoms with Crippen LogP contribution in [0.5, 0.6) is 5.75 Å². The summed E-state index contributed by atoms with van der Waals surface area (Å²) in [4.78, 5) is 4.62. The molecule has 0 unspecified atom stereocenters. The lowest BCUT2D eigenvalue weighted by Crippen LogP contribution is -2.38. The summed E-state index contributed by atoms with van der Waals surface area (Å²) in [5, 5.41) is 6.60.